The van der Waals surface area contributed by atoms with Gasteiger partial charge in [-0.1, -0.05) is 37.6 Å². The molecular formula is C22H31NO. The van der Waals surface area contributed by atoms with Gasteiger partial charge in [0.2, 0.25) is 0 Å². The molecule has 0 spiro atoms. The molecule has 0 radical (unpaired) electrons. The van der Waals surface area contributed by atoms with Gasteiger partial charge in [-0.05, 0) is 74.5 Å². The molecule has 1 aliphatic carbocycles. The smallest absolute Gasteiger partial charge is 0.0991 e. The summed E-state index contributed by atoms with van der Waals surface area (Å²) >= 11 is 0. The van der Waals surface area contributed by atoms with Gasteiger partial charge in [0.05, 0.1) is 18.2 Å². The summed E-state index contributed by atoms with van der Waals surface area (Å²) in [5, 5.41) is 8.88. The molecule has 130 valence electrons. The van der Waals surface area contributed by atoms with Crippen molar-refractivity contribution in [3.8, 4) is 6.07 Å². The van der Waals surface area contributed by atoms with Crippen LogP contribution >= 0.6 is 0 Å². The molecule has 0 N–H and O–H groups in total. The summed E-state index contributed by atoms with van der Waals surface area (Å²) in [6, 6.07) is 10.4. The predicted molar refractivity (Wildman–Crippen MR) is 100.0 cm³/mol. The van der Waals surface area contributed by atoms with Crippen molar-refractivity contribution in [1.29, 1.82) is 5.26 Å². The largest absolute Gasteiger partial charge is 0.381 e. The van der Waals surface area contributed by atoms with E-state index in [1.807, 2.05) is 12.1 Å². The molecule has 0 amide bonds. The van der Waals surface area contributed by atoms with Gasteiger partial charge in [-0.15, -0.1) is 0 Å². The standard InChI is InChI=1S/C22H31NO/c1-2-3-4-5-6-16-24-17-15-19-7-11-21(12-8-19)22-13-9-20(18-23)10-14-22/h4-5,9-10,13-14,19,21H,2-3,6-8,11-12,15-17H2,1H3/b5-4+. The zero-order chi connectivity index (χ0) is 17.0. The van der Waals surface area contributed by atoms with E-state index in [0.717, 1.165) is 31.1 Å². The second-order valence-corrected chi connectivity index (χ2v) is 6.90. The molecule has 24 heavy (non-hydrogen) atoms. The van der Waals surface area contributed by atoms with E-state index in [9.17, 15) is 0 Å². The first-order chi connectivity index (χ1) is 11.8. The molecule has 2 heteroatoms. The normalized spacial score (nSPS) is 21.0. The second-order valence-electron chi connectivity index (χ2n) is 6.90. The average molecular weight is 325 g/mol. The molecule has 0 saturated heterocycles. The number of nitriles is 1. The Bertz CT molecular complexity index is 518. The highest BCUT2D eigenvalue weighted by atomic mass is 16.5. The maximum atomic E-state index is 8.88. The van der Waals surface area contributed by atoms with E-state index in [1.54, 1.807) is 0 Å². The number of hydrogen-bond donors (Lipinski definition) is 0. The van der Waals surface area contributed by atoms with Crippen LogP contribution in [0.5, 0.6) is 0 Å². The molecule has 1 saturated carbocycles. The number of nitrogens with zero attached hydrogens (tertiary/aromatic N) is 1. The molecule has 0 atom stereocenters. The summed E-state index contributed by atoms with van der Waals surface area (Å²) < 4.78 is 5.77. The maximum Gasteiger partial charge on any atom is 0.0991 e. The Kier molecular flexibility index (Phi) is 8.63. The van der Waals surface area contributed by atoms with Gasteiger partial charge in [-0.3, -0.25) is 0 Å². The minimum absolute atomic E-state index is 0.679. The first kappa shape index (κ1) is 18.7. The summed E-state index contributed by atoms with van der Waals surface area (Å²) in [6.45, 7) is 3.98. The van der Waals surface area contributed by atoms with Crippen LogP contribution in [0.3, 0.4) is 0 Å². The van der Waals surface area contributed by atoms with Gasteiger partial charge < -0.3 is 4.74 Å². The van der Waals surface area contributed by atoms with E-state index >= 15 is 0 Å². The Balaban J connectivity index is 1.58. The fourth-order valence-corrected chi connectivity index (χ4v) is 3.52. The highest BCUT2D eigenvalue weighted by molar-refractivity contribution is 5.33. The van der Waals surface area contributed by atoms with Crippen LogP contribution in [-0.4, -0.2) is 13.2 Å². The van der Waals surface area contributed by atoms with Crippen molar-refractivity contribution in [1.82, 2.24) is 0 Å². The molecule has 0 heterocycles. The summed E-state index contributed by atoms with van der Waals surface area (Å²) in [7, 11) is 0. The van der Waals surface area contributed by atoms with Gasteiger partial charge in [0, 0.05) is 6.61 Å². The molecule has 0 aliphatic heterocycles. The van der Waals surface area contributed by atoms with Crippen LogP contribution < -0.4 is 0 Å². The molecular weight excluding hydrogens is 294 g/mol. The van der Waals surface area contributed by atoms with Crippen LogP contribution in [0.4, 0.5) is 0 Å². The van der Waals surface area contributed by atoms with Gasteiger partial charge in [0.15, 0.2) is 0 Å². The predicted octanol–water partition coefficient (Wildman–Crippen LogP) is 5.99. The van der Waals surface area contributed by atoms with Gasteiger partial charge in [-0.2, -0.15) is 5.26 Å². The van der Waals surface area contributed by atoms with Gasteiger partial charge in [0.1, 0.15) is 0 Å². The summed E-state index contributed by atoms with van der Waals surface area (Å²) in [5.74, 6) is 1.51. The van der Waals surface area contributed by atoms with E-state index in [-0.39, 0.29) is 0 Å². The maximum absolute atomic E-state index is 8.88. The molecule has 0 bridgehead atoms. The van der Waals surface area contributed by atoms with Crippen molar-refractivity contribution in [2.24, 2.45) is 5.92 Å². The van der Waals surface area contributed by atoms with Crippen molar-refractivity contribution in [3.63, 3.8) is 0 Å². The first-order valence-corrected chi connectivity index (χ1v) is 9.56. The first-order valence-electron chi connectivity index (χ1n) is 9.56. The number of benzene rings is 1. The minimum Gasteiger partial charge on any atom is -0.381 e. The van der Waals surface area contributed by atoms with Crippen LogP contribution in [-0.2, 0) is 4.74 Å². The Morgan fingerprint density at radius 3 is 2.42 bits per heavy atom. The molecule has 0 aromatic heterocycles. The van der Waals surface area contributed by atoms with Crippen molar-refractivity contribution < 1.29 is 4.74 Å². The topological polar surface area (TPSA) is 33.0 Å². The second kappa shape index (κ2) is 11.0. The van der Waals surface area contributed by atoms with Crippen molar-refractivity contribution in [3.05, 3.63) is 47.5 Å². The Hall–Kier alpha value is -1.59. The Morgan fingerprint density at radius 1 is 1.04 bits per heavy atom. The van der Waals surface area contributed by atoms with E-state index < -0.39 is 0 Å². The van der Waals surface area contributed by atoms with Crippen molar-refractivity contribution >= 4 is 0 Å². The number of allylic oxidation sites excluding steroid dienone is 1. The SMILES string of the molecule is CCC/C=C/CCOCCC1CCC(c2ccc(C#N)cc2)CC1. The number of ether oxygens (including phenoxy) is 1. The third-order valence-corrected chi connectivity index (χ3v) is 5.08. The summed E-state index contributed by atoms with van der Waals surface area (Å²) in [6.07, 6.45) is 14.3. The highest BCUT2D eigenvalue weighted by Gasteiger charge is 2.22. The quantitative estimate of drug-likeness (QED) is 0.413. The molecule has 2 rings (SSSR count). The molecule has 1 aromatic carbocycles. The van der Waals surface area contributed by atoms with Crippen LogP contribution in [0.25, 0.3) is 0 Å². The zero-order valence-corrected chi connectivity index (χ0v) is 15.0. The van der Waals surface area contributed by atoms with E-state index in [2.05, 4.69) is 37.3 Å². The lowest BCUT2D eigenvalue weighted by atomic mass is 9.77. The van der Waals surface area contributed by atoms with Gasteiger partial charge >= 0.3 is 0 Å². The molecule has 2 nitrogen and oxygen atoms in total. The molecule has 1 fully saturated rings. The van der Waals surface area contributed by atoms with E-state index in [1.165, 1.54) is 50.5 Å². The Morgan fingerprint density at radius 2 is 1.75 bits per heavy atom. The molecule has 1 aromatic rings. The van der Waals surface area contributed by atoms with Crippen LogP contribution in [0.15, 0.2) is 36.4 Å². The molecule has 0 unspecified atom stereocenters. The third kappa shape index (κ3) is 6.49. The fraction of sp³-hybridized carbons (Fsp3) is 0.591. The van der Waals surface area contributed by atoms with Crippen LogP contribution in [0.2, 0.25) is 0 Å². The van der Waals surface area contributed by atoms with Crippen molar-refractivity contribution in [2.75, 3.05) is 13.2 Å². The minimum atomic E-state index is 0.679. The van der Waals surface area contributed by atoms with Crippen LogP contribution in [0, 0.1) is 17.2 Å². The number of rotatable bonds is 9. The Labute approximate surface area is 147 Å². The van der Waals surface area contributed by atoms with Gasteiger partial charge in [0.25, 0.3) is 0 Å². The lowest BCUT2D eigenvalue weighted by Gasteiger charge is -2.28. The number of unbranched alkanes of at least 4 members (excludes halogenated alkanes) is 1. The van der Waals surface area contributed by atoms with E-state index in [0.29, 0.717) is 5.92 Å². The zero-order valence-electron chi connectivity index (χ0n) is 15.0. The monoisotopic (exact) mass is 325 g/mol. The van der Waals surface area contributed by atoms with Crippen LogP contribution in [0.1, 0.15) is 75.3 Å². The lowest BCUT2D eigenvalue weighted by Crippen LogP contribution is -2.15. The lowest BCUT2D eigenvalue weighted by molar-refractivity contribution is 0.116. The average Bonchev–Trinajstić information content (AvgIpc) is 2.64. The summed E-state index contributed by atoms with van der Waals surface area (Å²) in [5.41, 5.74) is 2.16. The summed E-state index contributed by atoms with van der Waals surface area (Å²) in [4.78, 5) is 0. The van der Waals surface area contributed by atoms with Gasteiger partial charge in [-0.25, -0.2) is 0 Å². The van der Waals surface area contributed by atoms with E-state index in [4.69, 9.17) is 10.00 Å². The highest BCUT2D eigenvalue weighted by Crippen LogP contribution is 2.37. The number of hydrogen-bond acceptors (Lipinski definition) is 2. The van der Waals surface area contributed by atoms with Crippen molar-refractivity contribution in [2.45, 2.75) is 64.2 Å². The fourth-order valence-electron chi connectivity index (χ4n) is 3.52. The molecule has 1 aliphatic rings. The third-order valence-electron chi connectivity index (χ3n) is 5.08.